The molecule has 1 rings (SSSR count). The van der Waals surface area contributed by atoms with Gasteiger partial charge in [-0.25, -0.2) is 4.79 Å². The molecule has 0 amide bonds. The van der Waals surface area contributed by atoms with Crippen LogP contribution in [0.25, 0.3) is 0 Å². The molecule has 3 heteroatoms. The van der Waals surface area contributed by atoms with Crippen LogP contribution >= 0.6 is 0 Å². The van der Waals surface area contributed by atoms with Crippen LogP contribution in [0, 0.1) is 17.8 Å². The summed E-state index contributed by atoms with van der Waals surface area (Å²) >= 11 is 0. The molecular formula is C17H32NO2+. The number of hydrogen-bond acceptors (Lipinski definition) is 2. The molecule has 0 aromatic rings. The Labute approximate surface area is 124 Å². The van der Waals surface area contributed by atoms with Crippen molar-refractivity contribution in [1.29, 1.82) is 0 Å². The molecule has 3 nitrogen and oxygen atoms in total. The van der Waals surface area contributed by atoms with Crippen LogP contribution in [0.5, 0.6) is 0 Å². The number of quaternary nitrogens is 1. The minimum atomic E-state index is -0.0538. The van der Waals surface area contributed by atoms with Gasteiger partial charge < -0.3 is 9.22 Å². The van der Waals surface area contributed by atoms with Gasteiger partial charge in [-0.2, -0.15) is 0 Å². The van der Waals surface area contributed by atoms with E-state index in [1.165, 1.54) is 5.57 Å². The number of likely N-dealkylation sites (N-methyl/N-ethyl adjacent to an activating group) is 1. The highest BCUT2D eigenvalue weighted by Gasteiger charge is 2.29. The largest absolute Gasteiger partial charge is 0.461 e. The van der Waals surface area contributed by atoms with Crippen molar-refractivity contribution in [2.24, 2.45) is 17.8 Å². The first kappa shape index (κ1) is 17.2. The molecular weight excluding hydrogens is 250 g/mol. The Kier molecular flexibility index (Phi) is 6.25. The van der Waals surface area contributed by atoms with Crippen molar-refractivity contribution in [1.82, 2.24) is 0 Å². The normalized spacial score (nSPS) is 27.1. The lowest BCUT2D eigenvalue weighted by molar-refractivity contribution is -0.899. The van der Waals surface area contributed by atoms with Crippen LogP contribution < -0.4 is 0 Å². The van der Waals surface area contributed by atoms with E-state index >= 15 is 0 Å². The summed E-state index contributed by atoms with van der Waals surface area (Å²) in [6, 6.07) is 0. The van der Waals surface area contributed by atoms with E-state index in [2.05, 4.69) is 47.7 Å². The molecule has 116 valence electrons. The lowest BCUT2D eigenvalue weighted by Gasteiger charge is -2.34. The third-order valence-electron chi connectivity index (χ3n) is 5.07. The molecule has 0 saturated carbocycles. The monoisotopic (exact) mass is 282 g/mol. The van der Waals surface area contributed by atoms with Gasteiger partial charge in [0, 0.05) is 5.92 Å². The average Bonchev–Trinajstić information content (AvgIpc) is 2.37. The molecule has 0 aromatic carbocycles. The van der Waals surface area contributed by atoms with Gasteiger partial charge in [0.15, 0.2) is 6.54 Å². The predicted molar refractivity (Wildman–Crippen MR) is 83.3 cm³/mol. The van der Waals surface area contributed by atoms with E-state index < -0.39 is 0 Å². The molecule has 3 atom stereocenters. The van der Waals surface area contributed by atoms with Crippen molar-refractivity contribution in [2.75, 3.05) is 33.3 Å². The molecule has 1 aliphatic carbocycles. The number of allylic oxidation sites excluding steroid dienone is 2. The minimum absolute atomic E-state index is 0.0538. The van der Waals surface area contributed by atoms with Gasteiger partial charge in [-0.05, 0) is 39.0 Å². The summed E-state index contributed by atoms with van der Waals surface area (Å²) in [6.45, 7) is 13.9. The third-order valence-corrected chi connectivity index (χ3v) is 5.07. The minimum Gasteiger partial charge on any atom is -0.461 e. The average molecular weight is 282 g/mol. The summed E-state index contributed by atoms with van der Waals surface area (Å²) in [4.78, 5) is 12.0. The molecule has 0 N–H and O–H groups in total. The number of nitrogens with zero attached hydrogens (tertiary/aromatic N) is 1. The zero-order chi connectivity index (χ0) is 15.3. The van der Waals surface area contributed by atoms with Crippen molar-refractivity contribution < 1.29 is 14.0 Å². The lowest BCUT2D eigenvalue weighted by Crippen LogP contribution is -2.48. The summed E-state index contributed by atoms with van der Waals surface area (Å²) in [7, 11) is 2.11. The van der Waals surface area contributed by atoms with E-state index in [-0.39, 0.29) is 5.97 Å². The van der Waals surface area contributed by atoms with Crippen molar-refractivity contribution in [2.45, 2.75) is 41.0 Å². The SMILES string of the molecule is CC[N+](C)(CC)CC(=O)OC[C@@H]1[C@H](C)CC(C)=C[C@@H]1C. The van der Waals surface area contributed by atoms with Gasteiger partial charge in [-0.15, -0.1) is 0 Å². The third kappa shape index (κ3) is 4.62. The topological polar surface area (TPSA) is 26.3 Å². The van der Waals surface area contributed by atoms with Crippen molar-refractivity contribution >= 4 is 5.97 Å². The molecule has 0 fully saturated rings. The second-order valence-corrected chi connectivity index (χ2v) is 6.81. The van der Waals surface area contributed by atoms with Gasteiger partial charge in [0.2, 0.25) is 0 Å². The second kappa shape index (κ2) is 7.26. The quantitative estimate of drug-likeness (QED) is 0.425. The number of carbonyl (C=O) groups is 1. The number of carbonyl (C=O) groups excluding carboxylic acids is 1. The molecule has 0 aliphatic heterocycles. The van der Waals surface area contributed by atoms with Crippen LogP contribution in [-0.4, -0.2) is 43.7 Å². The molecule has 0 bridgehead atoms. The number of hydrogen-bond donors (Lipinski definition) is 0. The van der Waals surface area contributed by atoms with E-state index in [0.717, 1.165) is 24.0 Å². The summed E-state index contributed by atoms with van der Waals surface area (Å²) in [5.74, 6) is 1.51. The summed E-state index contributed by atoms with van der Waals surface area (Å²) in [6.07, 6.45) is 3.46. The second-order valence-electron chi connectivity index (χ2n) is 6.81. The smallest absolute Gasteiger partial charge is 0.361 e. The standard InChI is InChI=1S/C17H32NO2/c1-7-18(6,8-2)11-17(19)20-12-16-14(4)9-13(3)10-15(16)5/h9,14-16H,7-8,10-12H2,1-6H3/q+1/t14-,15+,16-/m0/s1. The molecule has 0 radical (unpaired) electrons. The van der Waals surface area contributed by atoms with Gasteiger partial charge in [-0.3, -0.25) is 0 Å². The number of ether oxygens (including phenoxy) is 1. The highest BCUT2D eigenvalue weighted by Crippen LogP contribution is 2.33. The van der Waals surface area contributed by atoms with Crippen LogP contribution in [0.1, 0.15) is 41.0 Å². The lowest BCUT2D eigenvalue weighted by atomic mass is 9.75. The van der Waals surface area contributed by atoms with Crippen LogP contribution in [0.2, 0.25) is 0 Å². The van der Waals surface area contributed by atoms with E-state index in [9.17, 15) is 4.79 Å². The Bertz CT molecular complexity index is 358. The molecule has 20 heavy (non-hydrogen) atoms. The summed E-state index contributed by atoms with van der Waals surface area (Å²) < 4.78 is 6.33. The molecule has 0 spiro atoms. The Balaban J connectivity index is 2.49. The molecule has 0 unspecified atom stereocenters. The zero-order valence-electron chi connectivity index (χ0n) is 14.1. The van der Waals surface area contributed by atoms with Gasteiger partial charge >= 0.3 is 5.97 Å². The Morgan fingerprint density at radius 3 is 2.45 bits per heavy atom. The van der Waals surface area contributed by atoms with Gasteiger partial charge in [-0.1, -0.05) is 25.5 Å². The highest BCUT2D eigenvalue weighted by molar-refractivity contribution is 5.70. The fourth-order valence-electron chi connectivity index (χ4n) is 3.13. The zero-order valence-corrected chi connectivity index (χ0v) is 14.1. The summed E-state index contributed by atoms with van der Waals surface area (Å²) in [5.41, 5.74) is 1.47. The molecule has 0 heterocycles. The maximum absolute atomic E-state index is 12.0. The fourth-order valence-corrected chi connectivity index (χ4v) is 3.13. The van der Waals surface area contributed by atoms with Crippen LogP contribution in [0.15, 0.2) is 11.6 Å². The van der Waals surface area contributed by atoms with E-state index in [1.54, 1.807) is 0 Å². The first-order valence-corrected chi connectivity index (χ1v) is 7.97. The van der Waals surface area contributed by atoms with Crippen molar-refractivity contribution in [3.63, 3.8) is 0 Å². The van der Waals surface area contributed by atoms with Crippen molar-refractivity contribution in [3.8, 4) is 0 Å². The van der Waals surface area contributed by atoms with E-state index in [0.29, 0.717) is 30.9 Å². The van der Waals surface area contributed by atoms with Gasteiger partial charge in [0.05, 0.1) is 26.7 Å². The maximum Gasteiger partial charge on any atom is 0.361 e. The summed E-state index contributed by atoms with van der Waals surface area (Å²) in [5, 5.41) is 0. The fraction of sp³-hybridized carbons (Fsp3) is 0.824. The number of rotatable bonds is 6. The maximum atomic E-state index is 12.0. The Morgan fingerprint density at radius 2 is 1.95 bits per heavy atom. The van der Waals surface area contributed by atoms with E-state index in [4.69, 9.17) is 4.74 Å². The Hall–Kier alpha value is -0.830. The molecule has 0 aromatic heterocycles. The molecule has 1 aliphatic rings. The van der Waals surface area contributed by atoms with Crippen LogP contribution in [0.4, 0.5) is 0 Å². The van der Waals surface area contributed by atoms with E-state index in [1.807, 2.05) is 0 Å². The Morgan fingerprint density at radius 1 is 1.35 bits per heavy atom. The predicted octanol–water partition coefficient (Wildman–Crippen LogP) is 3.25. The first-order chi connectivity index (χ1) is 9.31. The van der Waals surface area contributed by atoms with Crippen molar-refractivity contribution in [3.05, 3.63) is 11.6 Å². The highest BCUT2D eigenvalue weighted by atomic mass is 16.5. The number of esters is 1. The van der Waals surface area contributed by atoms with Crippen LogP contribution in [0.3, 0.4) is 0 Å². The first-order valence-electron chi connectivity index (χ1n) is 7.97. The molecule has 0 saturated heterocycles. The van der Waals surface area contributed by atoms with Crippen LogP contribution in [-0.2, 0) is 9.53 Å². The van der Waals surface area contributed by atoms with Gasteiger partial charge in [0.25, 0.3) is 0 Å². The van der Waals surface area contributed by atoms with Gasteiger partial charge in [0.1, 0.15) is 0 Å².